The van der Waals surface area contributed by atoms with E-state index in [9.17, 15) is 9.59 Å². The molecule has 3 N–H and O–H groups in total. The van der Waals surface area contributed by atoms with E-state index in [4.69, 9.17) is 32.9 Å². The van der Waals surface area contributed by atoms with Gasteiger partial charge in [0.1, 0.15) is 5.56 Å². The van der Waals surface area contributed by atoms with Crippen molar-refractivity contribution in [2.24, 2.45) is 18.9 Å². The Labute approximate surface area is 277 Å². The van der Waals surface area contributed by atoms with Gasteiger partial charge < -0.3 is 30.2 Å². The van der Waals surface area contributed by atoms with Crippen LogP contribution in [-0.2, 0) is 13.6 Å². The predicted molar refractivity (Wildman–Crippen MR) is 181 cm³/mol. The van der Waals surface area contributed by atoms with Crippen LogP contribution in [0.15, 0.2) is 42.6 Å². The summed E-state index contributed by atoms with van der Waals surface area (Å²) in [6.45, 7) is 2.11. The molecule has 1 saturated heterocycles. The normalized spacial score (nSPS) is 19.2. The van der Waals surface area contributed by atoms with E-state index in [1.54, 1.807) is 30.5 Å². The summed E-state index contributed by atoms with van der Waals surface area (Å²) in [6, 6.07) is 11.0. The van der Waals surface area contributed by atoms with E-state index < -0.39 is 0 Å². The summed E-state index contributed by atoms with van der Waals surface area (Å²) in [7, 11) is 3.40. The molecule has 10 nitrogen and oxygen atoms in total. The maximum absolute atomic E-state index is 13.7. The van der Waals surface area contributed by atoms with Gasteiger partial charge >= 0.3 is 0 Å². The lowest BCUT2D eigenvalue weighted by atomic mass is 9.95. The summed E-state index contributed by atoms with van der Waals surface area (Å²) < 4.78 is 7.17. The van der Waals surface area contributed by atoms with Crippen molar-refractivity contribution in [3.8, 4) is 5.88 Å². The first-order valence-corrected chi connectivity index (χ1v) is 16.6. The minimum atomic E-state index is -0.338. The first-order chi connectivity index (χ1) is 22.3. The number of hydrogen-bond acceptors (Lipinski definition) is 7. The number of pyridine rings is 1. The molecule has 0 bridgehead atoms. The molecule has 3 aliphatic rings. The Balaban J connectivity index is 1.16. The lowest BCUT2D eigenvalue weighted by Crippen LogP contribution is -2.37. The molecule has 3 fully saturated rings. The third-order valence-corrected chi connectivity index (χ3v) is 10.3. The summed E-state index contributed by atoms with van der Waals surface area (Å²) in [5.41, 5.74) is 4.69. The van der Waals surface area contributed by atoms with E-state index in [-0.39, 0.29) is 30.3 Å². The van der Waals surface area contributed by atoms with Gasteiger partial charge in [-0.2, -0.15) is 0 Å². The molecular weight excluding hydrogens is 625 g/mol. The first-order valence-electron chi connectivity index (χ1n) is 15.9. The summed E-state index contributed by atoms with van der Waals surface area (Å²) in [4.78, 5) is 37.9. The van der Waals surface area contributed by atoms with Crippen molar-refractivity contribution in [2.75, 3.05) is 30.4 Å². The van der Waals surface area contributed by atoms with Gasteiger partial charge in [0.15, 0.2) is 0 Å². The summed E-state index contributed by atoms with van der Waals surface area (Å²) in [6.07, 6.45) is 8.43. The lowest BCUT2D eigenvalue weighted by Gasteiger charge is -2.26. The SMILES string of the molecule is COc1ncccc1C(=O)NCc1ccc(Cl)c(Nc2nc3cc(C(=O)NC4CCCCC4)c(N4CC5CC5C4)cc3n2C)c1Cl. The monoisotopic (exact) mass is 661 g/mol. The summed E-state index contributed by atoms with van der Waals surface area (Å²) in [5.74, 6) is 1.85. The quantitative estimate of drug-likeness (QED) is 0.188. The molecule has 2 amide bonds. The fraction of sp³-hybridized carbons (Fsp3) is 0.412. The van der Waals surface area contributed by atoms with E-state index in [1.165, 1.54) is 20.0 Å². The molecule has 12 heteroatoms. The number of methoxy groups -OCH3 is 1. The number of nitrogens with zero attached hydrogens (tertiary/aromatic N) is 4. The van der Waals surface area contributed by atoms with Gasteiger partial charge in [0.25, 0.3) is 11.8 Å². The lowest BCUT2D eigenvalue weighted by molar-refractivity contribution is 0.0925. The fourth-order valence-electron chi connectivity index (χ4n) is 6.84. The number of carbonyl (C=O) groups is 2. The molecule has 2 aromatic carbocycles. The van der Waals surface area contributed by atoms with Crippen molar-refractivity contribution in [2.45, 2.75) is 51.1 Å². The second-order valence-corrected chi connectivity index (χ2v) is 13.4. The topological polar surface area (TPSA) is 113 Å². The van der Waals surface area contributed by atoms with Crippen LogP contribution >= 0.6 is 23.2 Å². The Morgan fingerprint density at radius 2 is 1.80 bits per heavy atom. The number of fused-ring (bicyclic) bond motifs is 2. The van der Waals surface area contributed by atoms with E-state index in [1.807, 2.05) is 17.7 Å². The van der Waals surface area contributed by atoms with Gasteiger partial charge in [0.05, 0.1) is 45.1 Å². The third kappa shape index (κ3) is 5.96. The van der Waals surface area contributed by atoms with Gasteiger partial charge in [0, 0.05) is 38.9 Å². The Morgan fingerprint density at radius 3 is 2.57 bits per heavy atom. The van der Waals surface area contributed by atoms with E-state index in [0.29, 0.717) is 43.9 Å². The Kier molecular flexibility index (Phi) is 8.42. The number of hydrogen-bond donors (Lipinski definition) is 3. The number of imidazole rings is 1. The number of ether oxygens (including phenoxy) is 1. The van der Waals surface area contributed by atoms with Crippen LogP contribution in [0.5, 0.6) is 5.88 Å². The second-order valence-electron chi connectivity index (χ2n) is 12.6. The van der Waals surface area contributed by atoms with Crippen LogP contribution < -0.4 is 25.6 Å². The van der Waals surface area contributed by atoms with Crippen molar-refractivity contribution >= 4 is 63.4 Å². The van der Waals surface area contributed by atoms with Crippen LogP contribution in [0.2, 0.25) is 10.0 Å². The molecule has 2 saturated carbocycles. The molecule has 0 radical (unpaired) electrons. The van der Waals surface area contributed by atoms with Crippen LogP contribution in [0.1, 0.15) is 64.8 Å². The third-order valence-electron chi connectivity index (χ3n) is 9.56. The number of piperidine rings is 1. The maximum atomic E-state index is 13.7. The number of amides is 2. The van der Waals surface area contributed by atoms with Gasteiger partial charge in [-0.1, -0.05) is 48.5 Å². The Bertz CT molecular complexity index is 1810. The smallest absolute Gasteiger partial charge is 0.257 e. The van der Waals surface area contributed by atoms with Crippen LogP contribution in [0.4, 0.5) is 17.3 Å². The van der Waals surface area contributed by atoms with Crippen LogP contribution in [0, 0.1) is 11.8 Å². The van der Waals surface area contributed by atoms with Crippen molar-refractivity contribution in [1.29, 1.82) is 0 Å². The van der Waals surface area contributed by atoms with Gasteiger partial charge in [-0.25, -0.2) is 9.97 Å². The van der Waals surface area contributed by atoms with Crippen LogP contribution in [-0.4, -0.2) is 52.6 Å². The van der Waals surface area contributed by atoms with Crippen molar-refractivity contribution in [1.82, 2.24) is 25.2 Å². The average Bonchev–Trinajstić information content (AvgIpc) is 3.56. The van der Waals surface area contributed by atoms with Crippen molar-refractivity contribution in [3.63, 3.8) is 0 Å². The highest BCUT2D eigenvalue weighted by Crippen LogP contribution is 2.47. The number of carbonyl (C=O) groups excluding carboxylic acids is 2. The number of benzene rings is 2. The van der Waals surface area contributed by atoms with Gasteiger partial charge in [-0.05, 0) is 67.0 Å². The number of halogens is 2. The molecule has 2 atom stereocenters. The molecular formula is C34H37Cl2N7O3. The van der Waals surface area contributed by atoms with Crippen LogP contribution in [0.3, 0.4) is 0 Å². The van der Waals surface area contributed by atoms with Gasteiger partial charge in [0.2, 0.25) is 11.8 Å². The Hall–Kier alpha value is -4.02. The van der Waals surface area contributed by atoms with Crippen molar-refractivity contribution in [3.05, 3.63) is 69.3 Å². The largest absolute Gasteiger partial charge is 0.480 e. The van der Waals surface area contributed by atoms with E-state index >= 15 is 0 Å². The summed E-state index contributed by atoms with van der Waals surface area (Å²) >= 11 is 13.5. The second kappa shape index (κ2) is 12.6. The van der Waals surface area contributed by atoms with E-state index in [2.05, 4.69) is 31.9 Å². The van der Waals surface area contributed by atoms with Crippen molar-refractivity contribution < 1.29 is 14.3 Å². The standard InChI is InChI=1S/C34H37Cl2N7O3/c1-42-28-15-27(43-17-20-13-21(20)18-43)24(32(45)39-22-7-4-3-5-8-22)14-26(28)40-34(42)41-30-25(35)11-10-19(29(30)36)16-38-31(44)23-9-6-12-37-33(23)46-2/h6,9-12,14-15,20-22H,3-5,7-8,13,16-18H2,1-2H3,(H,38,44)(H,39,45)(H,40,41). The molecule has 0 spiro atoms. The zero-order chi connectivity index (χ0) is 31.9. The van der Waals surface area contributed by atoms with Gasteiger partial charge in [-0.3, -0.25) is 9.59 Å². The predicted octanol–water partition coefficient (Wildman–Crippen LogP) is 6.48. The number of aryl methyl sites for hydroxylation is 1. The zero-order valence-corrected chi connectivity index (χ0v) is 27.4. The highest BCUT2D eigenvalue weighted by molar-refractivity contribution is 6.39. The molecule has 7 rings (SSSR count). The molecule has 240 valence electrons. The number of nitrogens with one attached hydrogen (secondary N) is 3. The fourth-order valence-corrected chi connectivity index (χ4v) is 7.37. The number of aromatic nitrogens is 3. The minimum Gasteiger partial charge on any atom is -0.480 e. The maximum Gasteiger partial charge on any atom is 0.257 e. The molecule has 2 unspecified atom stereocenters. The highest BCUT2D eigenvalue weighted by Gasteiger charge is 2.45. The average molecular weight is 663 g/mol. The number of anilines is 3. The van der Waals surface area contributed by atoms with Crippen LogP contribution in [0.25, 0.3) is 11.0 Å². The zero-order valence-electron chi connectivity index (χ0n) is 25.9. The number of rotatable bonds is 9. The molecule has 2 aliphatic carbocycles. The van der Waals surface area contributed by atoms with Gasteiger partial charge in [-0.15, -0.1) is 0 Å². The molecule has 3 heterocycles. The molecule has 2 aromatic heterocycles. The highest BCUT2D eigenvalue weighted by atomic mass is 35.5. The minimum absolute atomic E-state index is 0.0331. The Morgan fingerprint density at radius 1 is 1.02 bits per heavy atom. The van der Waals surface area contributed by atoms with E-state index in [0.717, 1.165) is 61.8 Å². The molecule has 46 heavy (non-hydrogen) atoms. The molecule has 4 aromatic rings. The molecule has 1 aliphatic heterocycles. The summed E-state index contributed by atoms with van der Waals surface area (Å²) in [5, 5.41) is 10.3. The first kappa shape index (κ1) is 30.6.